The highest BCUT2D eigenvalue weighted by atomic mass is 16.4. The Hall–Kier alpha value is -1.58. The molecule has 4 heteroatoms. The van der Waals surface area contributed by atoms with Crippen molar-refractivity contribution in [1.29, 1.82) is 0 Å². The second-order valence-corrected chi connectivity index (χ2v) is 2.23. The van der Waals surface area contributed by atoms with E-state index in [1.54, 1.807) is 0 Å². The summed E-state index contributed by atoms with van der Waals surface area (Å²) in [6.07, 6.45) is 0.876. The minimum Gasteiger partial charge on any atom is -0.481 e. The number of rotatable bonds is 2. The maximum absolute atomic E-state index is 10.3. The molecular formula is C7H6O4. The van der Waals surface area contributed by atoms with Crippen LogP contribution in [0, 0.1) is 5.92 Å². The molecule has 0 amide bonds. The molecule has 0 heterocycles. The molecule has 1 rings (SSSR count). The third-order valence-electron chi connectivity index (χ3n) is 1.47. The number of hydrogen-bond acceptors (Lipinski definition) is 2. The van der Waals surface area contributed by atoms with Crippen molar-refractivity contribution < 1.29 is 19.8 Å². The van der Waals surface area contributed by atoms with Crippen molar-refractivity contribution in [2.75, 3.05) is 0 Å². The van der Waals surface area contributed by atoms with Crippen LogP contribution in [0.3, 0.4) is 0 Å². The fourth-order valence-corrected chi connectivity index (χ4v) is 0.877. The van der Waals surface area contributed by atoms with Gasteiger partial charge >= 0.3 is 11.9 Å². The molecule has 58 valence electrons. The van der Waals surface area contributed by atoms with Gasteiger partial charge in [-0.3, -0.25) is 4.79 Å². The summed E-state index contributed by atoms with van der Waals surface area (Å²) in [6, 6.07) is 0. The maximum Gasteiger partial charge on any atom is 0.328 e. The smallest absolute Gasteiger partial charge is 0.328 e. The van der Waals surface area contributed by atoms with E-state index >= 15 is 0 Å². The van der Waals surface area contributed by atoms with Crippen LogP contribution < -0.4 is 0 Å². The van der Waals surface area contributed by atoms with Gasteiger partial charge in [-0.2, -0.15) is 0 Å². The Kier molecular flexibility index (Phi) is 1.53. The van der Waals surface area contributed by atoms with Gasteiger partial charge in [0.2, 0.25) is 0 Å². The zero-order valence-corrected chi connectivity index (χ0v) is 5.57. The molecule has 1 atom stereocenters. The lowest BCUT2D eigenvalue weighted by molar-refractivity contribution is -0.137. The SMILES string of the molecule is C=C1/C(=C\C(=O)O)C1C(=O)O. The van der Waals surface area contributed by atoms with Gasteiger partial charge in [-0.05, 0) is 11.1 Å². The van der Waals surface area contributed by atoms with Crippen LogP contribution in [0.5, 0.6) is 0 Å². The van der Waals surface area contributed by atoms with Crippen molar-refractivity contribution in [1.82, 2.24) is 0 Å². The van der Waals surface area contributed by atoms with E-state index in [0.717, 1.165) is 6.08 Å². The molecule has 0 aromatic rings. The molecule has 1 unspecified atom stereocenters. The standard InChI is InChI=1S/C7H6O4/c1-3-4(2-5(8)9)6(3)7(10)11/h2,6H,1H2,(H,8,9)(H,10,11)/b4-2+. The van der Waals surface area contributed by atoms with Gasteiger partial charge < -0.3 is 10.2 Å². The predicted molar refractivity (Wildman–Crippen MR) is 36.0 cm³/mol. The Bertz CT molecular complexity index is 274. The minimum atomic E-state index is -1.13. The second-order valence-electron chi connectivity index (χ2n) is 2.23. The first-order valence-electron chi connectivity index (χ1n) is 2.90. The maximum atomic E-state index is 10.3. The molecule has 4 nitrogen and oxygen atoms in total. The van der Waals surface area contributed by atoms with Crippen LogP contribution in [-0.2, 0) is 9.59 Å². The van der Waals surface area contributed by atoms with E-state index in [4.69, 9.17) is 10.2 Å². The first-order valence-corrected chi connectivity index (χ1v) is 2.90. The highest BCUT2D eigenvalue weighted by Crippen LogP contribution is 2.43. The van der Waals surface area contributed by atoms with E-state index in [9.17, 15) is 9.59 Å². The first kappa shape index (κ1) is 7.53. The molecule has 0 saturated heterocycles. The molecule has 0 bridgehead atoms. The monoisotopic (exact) mass is 154 g/mol. The Labute approximate surface area is 62.5 Å². The van der Waals surface area contributed by atoms with Crippen LogP contribution in [-0.4, -0.2) is 22.2 Å². The molecule has 1 aliphatic carbocycles. The summed E-state index contributed by atoms with van der Waals surface area (Å²) in [5, 5.41) is 16.6. The van der Waals surface area contributed by atoms with Crippen molar-refractivity contribution >= 4 is 11.9 Å². The van der Waals surface area contributed by atoms with E-state index in [1.165, 1.54) is 0 Å². The third kappa shape index (κ3) is 1.29. The summed E-state index contributed by atoms with van der Waals surface area (Å²) >= 11 is 0. The summed E-state index contributed by atoms with van der Waals surface area (Å²) in [5.41, 5.74) is 0.699. The average Bonchev–Trinajstić information content (AvgIpc) is 2.40. The van der Waals surface area contributed by atoms with E-state index in [0.29, 0.717) is 11.1 Å². The van der Waals surface area contributed by atoms with Crippen molar-refractivity contribution in [2.45, 2.75) is 0 Å². The highest BCUT2D eigenvalue weighted by Gasteiger charge is 2.42. The summed E-state index contributed by atoms with van der Waals surface area (Å²) in [6.45, 7) is 3.39. The van der Waals surface area contributed by atoms with Crippen LogP contribution in [0.25, 0.3) is 0 Å². The molecule has 1 fully saturated rings. The Balaban J connectivity index is 2.76. The molecule has 2 N–H and O–H groups in total. The fraction of sp³-hybridized carbons (Fsp3) is 0.143. The normalized spacial score (nSPS) is 25.3. The largest absolute Gasteiger partial charge is 0.481 e. The van der Waals surface area contributed by atoms with Crippen molar-refractivity contribution in [3.63, 3.8) is 0 Å². The van der Waals surface area contributed by atoms with Gasteiger partial charge in [0.05, 0.1) is 0 Å². The van der Waals surface area contributed by atoms with E-state index in [2.05, 4.69) is 6.58 Å². The highest BCUT2D eigenvalue weighted by molar-refractivity contribution is 5.94. The molecule has 0 aromatic heterocycles. The lowest BCUT2D eigenvalue weighted by atomic mass is 10.4. The topological polar surface area (TPSA) is 74.6 Å². The summed E-state index contributed by atoms with van der Waals surface area (Å²) < 4.78 is 0. The van der Waals surface area contributed by atoms with Crippen molar-refractivity contribution in [3.05, 3.63) is 23.8 Å². The third-order valence-corrected chi connectivity index (χ3v) is 1.47. The second kappa shape index (κ2) is 2.23. The Morgan fingerprint density at radius 2 is 2.00 bits per heavy atom. The Morgan fingerprint density at radius 3 is 2.27 bits per heavy atom. The molecule has 0 radical (unpaired) electrons. The quantitative estimate of drug-likeness (QED) is 0.560. The number of carbonyl (C=O) groups is 2. The van der Waals surface area contributed by atoms with E-state index in [-0.39, 0.29) is 0 Å². The van der Waals surface area contributed by atoms with Crippen molar-refractivity contribution in [2.24, 2.45) is 5.92 Å². The van der Waals surface area contributed by atoms with Crippen LogP contribution >= 0.6 is 0 Å². The van der Waals surface area contributed by atoms with Gasteiger partial charge in [-0.1, -0.05) is 6.58 Å². The van der Waals surface area contributed by atoms with E-state index in [1.807, 2.05) is 0 Å². The molecular weight excluding hydrogens is 148 g/mol. The predicted octanol–water partition coefficient (Wildman–Crippen LogP) is 0.268. The van der Waals surface area contributed by atoms with Gasteiger partial charge in [0.1, 0.15) is 5.92 Å². The van der Waals surface area contributed by atoms with Crippen LogP contribution in [0.2, 0.25) is 0 Å². The van der Waals surface area contributed by atoms with Crippen LogP contribution in [0.4, 0.5) is 0 Å². The lowest BCUT2D eigenvalue weighted by Gasteiger charge is -1.78. The lowest BCUT2D eigenvalue weighted by Crippen LogP contribution is -1.97. The minimum absolute atomic E-state index is 0.310. The van der Waals surface area contributed by atoms with Crippen LogP contribution in [0.1, 0.15) is 0 Å². The van der Waals surface area contributed by atoms with Gasteiger partial charge in [0, 0.05) is 6.08 Å². The van der Waals surface area contributed by atoms with Gasteiger partial charge in [0.15, 0.2) is 0 Å². The van der Waals surface area contributed by atoms with E-state index < -0.39 is 17.9 Å². The zero-order chi connectivity index (χ0) is 8.59. The average molecular weight is 154 g/mol. The number of carboxylic acid groups (broad SMARTS) is 2. The molecule has 11 heavy (non-hydrogen) atoms. The summed E-state index contributed by atoms with van der Waals surface area (Å²) in [7, 11) is 0. The number of aliphatic carboxylic acids is 2. The van der Waals surface area contributed by atoms with Crippen LogP contribution in [0.15, 0.2) is 23.8 Å². The molecule has 0 spiro atoms. The zero-order valence-electron chi connectivity index (χ0n) is 5.57. The fourth-order valence-electron chi connectivity index (χ4n) is 0.877. The van der Waals surface area contributed by atoms with Gasteiger partial charge in [-0.15, -0.1) is 0 Å². The summed E-state index contributed by atoms with van der Waals surface area (Å²) in [5.74, 6) is -2.93. The number of carboxylic acids is 2. The number of hydrogen-bond donors (Lipinski definition) is 2. The molecule has 1 aliphatic rings. The molecule has 0 aliphatic heterocycles. The van der Waals surface area contributed by atoms with Gasteiger partial charge in [-0.25, -0.2) is 4.79 Å². The molecule has 0 aromatic carbocycles. The Morgan fingerprint density at radius 1 is 1.45 bits per heavy atom. The summed E-state index contributed by atoms with van der Waals surface area (Å²) in [4.78, 5) is 20.3. The first-order chi connectivity index (χ1) is 5.04. The van der Waals surface area contributed by atoms with Crippen molar-refractivity contribution in [3.8, 4) is 0 Å². The van der Waals surface area contributed by atoms with Gasteiger partial charge in [0.25, 0.3) is 0 Å². The molecule has 1 saturated carbocycles.